The largest absolute Gasteiger partial charge is 0.330 e. The van der Waals surface area contributed by atoms with E-state index in [1.165, 1.54) is 4.90 Å². The van der Waals surface area contributed by atoms with E-state index >= 15 is 0 Å². The number of hydrogen-bond acceptors (Lipinski definition) is 5. The van der Waals surface area contributed by atoms with E-state index in [4.69, 9.17) is 5.73 Å². The number of benzene rings is 1. The Labute approximate surface area is 111 Å². The van der Waals surface area contributed by atoms with Crippen LogP contribution in [0.4, 0.5) is 0 Å². The molecule has 0 atom stereocenters. The van der Waals surface area contributed by atoms with Crippen LogP contribution in [0.5, 0.6) is 0 Å². The summed E-state index contributed by atoms with van der Waals surface area (Å²) in [5, 5.41) is 0. The third-order valence-electron chi connectivity index (χ3n) is 2.51. The fraction of sp³-hybridized carbons (Fsp3) is 0.308. The van der Waals surface area contributed by atoms with Gasteiger partial charge < -0.3 is 5.73 Å². The van der Waals surface area contributed by atoms with Gasteiger partial charge in [0, 0.05) is 16.9 Å². The van der Waals surface area contributed by atoms with Crippen molar-refractivity contribution in [2.75, 3.05) is 12.8 Å². The molecule has 1 heterocycles. The molecule has 2 aromatic rings. The second-order valence-electron chi connectivity index (χ2n) is 3.89. The summed E-state index contributed by atoms with van der Waals surface area (Å²) in [6.07, 6.45) is 2.74. The van der Waals surface area contributed by atoms with Crippen LogP contribution in [0.3, 0.4) is 0 Å². The van der Waals surface area contributed by atoms with Gasteiger partial charge in [0.1, 0.15) is 11.6 Å². The normalized spacial score (nSPS) is 10.6. The van der Waals surface area contributed by atoms with Crippen molar-refractivity contribution in [2.45, 2.75) is 18.2 Å². The topological polar surface area (TPSA) is 64.7 Å². The molecule has 2 rings (SSSR count). The van der Waals surface area contributed by atoms with Crippen molar-refractivity contribution in [2.24, 2.45) is 5.73 Å². The summed E-state index contributed by atoms with van der Waals surface area (Å²) in [5.74, 6) is 2.21. The van der Waals surface area contributed by atoms with Crippen LogP contribution in [-0.4, -0.2) is 27.8 Å². The van der Waals surface area contributed by atoms with Crippen LogP contribution in [0, 0.1) is 6.92 Å². The number of nitrogens with zero attached hydrogens (tertiary/aromatic N) is 3. The zero-order chi connectivity index (χ0) is 13.0. The summed E-state index contributed by atoms with van der Waals surface area (Å²) in [4.78, 5) is 14.3. The molecule has 0 unspecified atom stereocenters. The van der Waals surface area contributed by atoms with E-state index in [2.05, 4.69) is 33.3 Å². The summed E-state index contributed by atoms with van der Waals surface area (Å²) in [7, 11) is 0. The number of aromatic nitrogens is 3. The van der Waals surface area contributed by atoms with E-state index in [0.717, 1.165) is 23.0 Å². The predicted octanol–water partition coefficient (Wildman–Crippen LogP) is 2.07. The van der Waals surface area contributed by atoms with Crippen molar-refractivity contribution in [3.63, 3.8) is 0 Å². The molecule has 1 aromatic heterocycles. The SMILES string of the molecule is CSc1ccc(-c2nc(C)nc(CCN)n2)cc1. The second-order valence-corrected chi connectivity index (χ2v) is 4.77. The summed E-state index contributed by atoms with van der Waals surface area (Å²) in [5.41, 5.74) is 6.54. The third kappa shape index (κ3) is 3.05. The van der Waals surface area contributed by atoms with Crippen molar-refractivity contribution in [3.05, 3.63) is 35.9 Å². The zero-order valence-corrected chi connectivity index (χ0v) is 11.4. The number of nitrogens with two attached hydrogens (primary N) is 1. The monoisotopic (exact) mass is 260 g/mol. The van der Waals surface area contributed by atoms with Gasteiger partial charge in [0.25, 0.3) is 0 Å². The molecule has 0 spiro atoms. The van der Waals surface area contributed by atoms with Gasteiger partial charge in [-0.05, 0) is 31.9 Å². The number of thioether (sulfide) groups is 1. The van der Waals surface area contributed by atoms with Crippen molar-refractivity contribution < 1.29 is 0 Å². The molecule has 1 aromatic carbocycles. The Balaban J connectivity index is 2.36. The predicted molar refractivity (Wildman–Crippen MR) is 74.5 cm³/mol. The molecular formula is C13H16N4S. The van der Waals surface area contributed by atoms with Crippen LogP contribution in [0.1, 0.15) is 11.6 Å². The highest BCUT2D eigenvalue weighted by molar-refractivity contribution is 7.98. The van der Waals surface area contributed by atoms with Gasteiger partial charge in [-0.1, -0.05) is 12.1 Å². The van der Waals surface area contributed by atoms with Crippen LogP contribution in [0.25, 0.3) is 11.4 Å². The maximum absolute atomic E-state index is 5.53. The lowest BCUT2D eigenvalue weighted by atomic mass is 10.2. The van der Waals surface area contributed by atoms with Crippen molar-refractivity contribution in [3.8, 4) is 11.4 Å². The van der Waals surface area contributed by atoms with Crippen molar-refractivity contribution in [1.29, 1.82) is 0 Å². The lowest BCUT2D eigenvalue weighted by Crippen LogP contribution is -2.09. The molecule has 0 saturated heterocycles. The minimum absolute atomic E-state index is 0.550. The molecule has 0 saturated carbocycles. The first-order valence-electron chi connectivity index (χ1n) is 5.79. The lowest BCUT2D eigenvalue weighted by Gasteiger charge is -2.05. The molecule has 0 radical (unpaired) electrons. The summed E-state index contributed by atoms with van der Waals surface area (Å²) in [6, 6.07) is 8.21. The Bertz CT molecular complexity index is 525. The molecule has 0 bridgehead atoms. The second kappa shape index (κ2) is 5.93. The maximum atomic E-state index is 5.53. The first-order chi connectivity index (χ1) is 8.72. The van der Waals surface area contributed by atoms with Gasteiger partial charge in [-0.2, -0.15) is 0 Å². The highest BCUT2D eigenvalue weighted by Crippen LogP contribution is 2.20. The first-order valence-corrected chi connectivity index (χ1v) is 7.01. The molecule has 0 aliphatic heterocycles. The van der Waals surface area contributed by atoms with E-state index < -0.39 is 0 Å². The Hall–Kier alpha value is -1.46. The van der Waals surface area contributed by atoms with Crippen LogP contribution in [0.2, 0.25) is 0 Å². The Kier molecular flexibility index (Phi) is 4.28. The van der Waals surface area contributed by atoms with Crippen LogP contribution < -0.4 is 5.73 Å². The Morgan fingerprint density at radius 3 is 2.44 bits per heavy atom. The molecule has 4 nitrogen and oxygen atoms in total. The van der Waals surface area contributed by atoms with E-state index in [1.54, 1.807) is 11.8 Å². The number of aryl methyl sites for hydroxylation is 1. The van der Waals surface area contributed by atoms with Gasteiger partial charge in [-0.3, -0.25) is 0 Å². The highest BCUT2D eigenvalue weighted by Gasteiger charge is 2.06. The fourth-order valence-corrected chi connectivity index (χ4v) is 2.06. The molecule has 0 amide bonds. The molecule has 2 N–H and O–H groups in total. The van der Waals surface area contributed by atoms with Gasteiger partial charge in [0.05, 0.1) is 0 Å². The minimum atomic E-state index is 0.550. The zero-order valence-electron chi connectivity index (χ0n) is 10.6. The Morgan fingerprint density at radius 2 is 1.83 bits per heavy atom. The Morgan fingerprint density at radius 1 is 1.11 bits per heavy atom. The third-order valence-corrected chi connectivity index (χ3v) is 3.25. The standard InChI is InChI=1S/C13H16N4S/c1-9-15-12(7-8-14)17-13(16-9)10-3-5-11(18-2)6-4-10/h3-6H,7-8,14H2,1-2H3. The lowest BCUT2D eigenvalue weighted by molar-refractivity contribution is 0.827. The van der Waals surface area contributed by atoms with E-state index in [9.17, 15) is 0 Å². The highest BCUT2D eigenvalue weighted by atomic mass is 32.2. The molecular weight excluding hydrogens is 244 g/mol. The minimum Gasteiger partial charge on any atom is -0.330 e. The maximum Gasteiger partial charge on any atom is 0.163 e. The summed E-state index contributed by atoms with van der Waals surface area (Å²) in [6.45, 7) is 2.43. The van der Waals surface area contributed by atoms with Gasteiger partial charge >= 0.3 is 0 Å². The first kappa shape index (κ1) is 13.0. The molecule has 0 aliphatic rings. The average molecular weight is 260 g/mol. The van der Waals surface area contributed by atoms with Gasteiger partial charge in [-0.15, -0.1) is 11.8 Å². The average Bonchev–Trinajstić information content (AvgIpc) is 2.38. The summed E-state index contributed by atoms with van der Waals surface area (Å²) >= 11 is 1.72. The van der Waals surface area contributed by atoms with Gasteiger partial charge in [0.2, 0.25) is 0 Å². The van der Waals surface area contributed by atoms with Crippen molar-refractivity contribution in [1.82, 2.24) is 15.0 Å². The summed E-state index contributed by atoms with van der Waals surface area (Å²) < 4.78 is 0. The quantitative estimate of drug-likeness (QED) is 0.853. The van der Waals surface area contributed by atoms with Crippen molar-refractivity contribution >= 4 is 11.8 Å². The number of rotatable bonds is 4. The molecule has 5 heteroatoms. The van der Waals surface area contributed by atoms with Gasteiger partial charge in [-0.25, -0.2) is 15.0 Å². The molecule has 94 valence electrons. The van der Waals surface area contributed by atoms with E-state index in [-0.39, 0.29) is 0 Å². The molecule has 0 aliphatic carbocycles. The number of hydrogen-bond donors (Lipinski definition) is 1. The molecule has 18 heavy (non-hydrogen) atoms. The van der Waals surface area contributed by atoms with Crippen LogP contribution >= 0.6 is 11.8 Å². The van der Waals surface area contributed by atoms with Gasteiger partial charge in [0.15, 0.2) is 5.82 Å². The van der Waals surface area contributed by atoms with E-state index in [1.807, 2.05) is 19.1 Å². The smallest absolute Gasteiger partial charge is 0.163 e. The molecule has 0 fully saturated rings. The van der Waals surface area contributed by atoms with Crippen LogP contribution in [0.15, 0.2) is 29.2 Å². The van der Waals surface area contributed by atoms with E-state index in [0.29, 0.717) is 13.0 Å². The van der Waals surface area contributed by atoms with Crippen LogP contribution in [-0.2, 0) is 6.42 Å². The fourth-order valence-electron chi connectivity index (χ4n) is 1.65.